The van der Waals surface area contributed by atoms with Crippen molar-refractivity contribution in [1.29, 1.82) is 0 Å². The lowest BCUT2D eigenvalue weighted by atomic mass is 9.96. The minimum absolute atomic E-state index is 0.208. The summed E-state index contributed by atoms with van der Waals surface area (Å²) >= 11 is 11.7. The Balaban J connectivity index is 2.11. The Morgan fingerprint density at radius 1 is 0.706 bits per heavy atom. The molecule has 94 valence electrons. The maximum Gasteiger partial charge on any atom is 0.226 e. The van der Waals surface area contributed by atoms with Gasteiger partial charge in [-0.05, 0) is 36.0 Å². The van der Waals surface area contributed by atoms with E-state index >= 15 is 0 Å². The molecule has 3 nitrogen and oxygen atoms in total. The molecule has 17 heavy (non-hydrogen) atoms. The van der Waals surface area contributed by atoms with E-state index in [4.69, 9.17) is 23.2 Å². The number of aromatic nitrogens is 3. The van der Waals surface area contributed by atoms with Crippen LogP contribution in [0.25, 0.3) is 0 Å². The predicted molar refractivity (Wildman–Crippen MR) is 69.5 cm³/mol. The summed E-state index contributed by atoms with van der Waals surface area (Å²) in [5.74, 6) is 1.17. The van der Waals surface area contributed by atoms with E-state index in [-0.39, 0.29) is 10.6 Å². The van der Waals surface area contributed by atoms with Gasteiger partial charge in [-0.3, -0.25) is 0 Å². The Kier molecular flexibility index (Phi) is 4.99. The third kappa shape index (κ3) is 4.07. The van der Waals surface area contributed by atoms with Crippen LogP contribution in [0.1, 0.15) is 63.1 Å². The van der Waals surface area contributed by atoms with Crippen LogP contribution >= 0.6 is 23.2 Å². The first-order valence-corrected chi connectivity index (χ1v) is 7.08. The van der Waals surface area contributed by atoms with Crippen LogP contribution in [-0.2, 0) is 0 Å². The van der Waals surface area contributed by atoms with Crippen LogP contribution in [0.4, 0.5) is 0 Å². The van der Waals surface area contributed by atoms with Crippen LogP contribution in [0.2, 0.25) is 10.6 Å². The molecule has 1 aromatic rings. The van der Waals surface area contributed by atoms with Gasteiger partial charge in [0.2, 0.25) is 10.6 Å². The maximum absolute atomic E-state index is 5.83. The number of halogens is 2. The number of nitrogens with zero attached hydrogens (tertiary/aromatic N) is 3. The molecule has 0 aromatic carbocycles. The molecule has 0 aliphatic heterocycles. The smallest absolute Gasteiger partial charge is 0.202 e. The topological polar surface area (TPSA) is 38.7 Å². The first-order valence-electron chi connectivity index (χ1n) is 6.32. The Morgan fingerprint density at radius 2 is 1.18 bits per heavy atom. The van der Waals surface area contributed by atoms with Crippen molar-refractivity contribution in [2.75, 3.05) is 0 Å². The molecule has 5 heteroatoms. The molecular weight excluding hydrogens is 257 g/mol. The largest absolute Gasteiger partial charge is 0.226 e. The van der Waals surface area contributed by atoms with Gasteiger partial charge in [-0.1, -0.05) is 38.5 Å². The quantitative estimate of drug-likeness (QED) is 0.762. The van der Waals surface area contributed by atoms with Crippen molar-refractivity contribution in [3.63, 3.8) is 0 Å². The molecule has 0 unspecified atom stereocenters. The first-order chi connectivity index (χ1) is 8.25. The fraction of sp³-hybridized carbons (Fsp3) is 0.750. The van der Waals surface area contributed by atoms with Gasteiger partial charge in [0.25, 0.3) is 0 Å². The van der Waals surface area contributed by atoms with E-state index in [1.807, 2.05) is 0 Å². The van der Waals surface area contributed by atoms with Crippen LogP contribution in [0.5, 0.6) is 0 Å². The highest BCUT2D eigenvalue weighted by Crippen LogP contribution is 2.29. The summed E-state index contributed by atoms with van der Waals surface area (Å²) < 4.78 is 0. The fourth-order valence-electron chi connectivity index (χ4n) is 2.41. The highest BCUT2D eigenvalue weighted by molar-refractivity contribution is 6.31. The Hall–Kier alpha value is -0.410. The van der Waals surface area contributed by atoms with Crippen LogP contribution in [0.3, 0.4) is 0 Å². The van der Waals surface area contributed by atoms with Gasteiger partial charge in [0, 0.05) is 5.92 Å². The SMILES string of the molecule is Clc1nc(Cl)nc(C2CCCCCCCC2)n1. The standard InChI is InChI=1S/C12H17Cl2N3/c13-11-15-10(16-12(14)17-11)9-7-5-3-1-2-4-6-8-9/h9H,1-8H2. The summed E-state index contributed by atoms with van der Waals surface area (Å²) in [4.78, 5) is 12.2. The summed E-state index contributed by atoms with van der Waals surface area (Å²) in [6.45, 7) is 0. The van der Waals surface area contributed by atoms with Crippen molar-refractivity contribution >= 4 is 23.2 Å². The molecule has 0 saturated heterocycles. The van der Waals surface area contributed by atoms with Gasteiger partial charge in [-0.25, -0.2) is 9.97 Å². The molecule has 0 bridgehead atoms. The average Bonchev–Trinajstić information content (AvgIpc) is 2.40. The normalized spacial score (nSPS) is 19.4. The summed E-state index contributed by atoms with van der Waals surface area (Å²) in [5.41, 5.74) is 0. The molecule has 0 spiro atoms. The van der Waals surface area contributed by atoms with Gasteiger partial charge in [-0.2, -0.15) is 4.98 Å². The number of hydrogen-bond donors (Lipinski definition) is 0. The third-order valence-corrected chi connectivity index (χ3v) is 3.66. The summed E-state index contributed by atoms with van der Waals surface area (Å²) in [6, 6.07) is 0. The Morgan fingerprint density at radius 3 is 1.71 bits per heavy atom. The zero-order valence-corrected chi connectivity index (χ0v) is 11.3. The Labute approximate surface area is 112 Å². The van der Waals surface area contributed by atoms with Crippen LogP contribution in [-0.4, -0.2) is 15.0 Å². The van der Waals surface area contributed by atoms with Crippen molar-refractivity contribution in [3.8, 4) is 0 Å². The van der Waals surface area contributed by atoms with Gasteiger partial charge >= 0.3 is 0 Å². The fourth-order valence-corrected chi connectivity index (χ4v) is 2.79. The lowest BCUT2D eigenvalue weighted by Crippen LogP contribution is -2.06. The van der Waals surface area contributed by atoms with E-state index in [0.29, 0.717) is 5.92 Å². The van der Waals surface area contributed by atoms with E-state index in [0.717, 1.165) is 18.7 Å². The molecular formula is C12H17Cl2N3. The predicted octanol–water partition coefficient (Wildman–Crippen LogP) is 4.40. The molecule has 0 amide bonds. The monoisotopic (exact) mass is 273 g/mol. The van der Waals surface area contributed by atoms with E-state index < -0.39 is 0 Å². The molecule has 0 radical (unpaired) electrons. The maximum atomic E-state index is 5.83. The van der Waals surface area contributed by atoms with Crippen molar-refractivity contribution in [2.45, 2.75) is 57.3 Å². The minimum Gasteiger partial charge on any atom is -0.202 e. The van der Waals surface area contributed by atoms with Crippen molar-refractivity contribution < 1.29 is 0 Å². The summed E-state index contributed by atoms with van der Waals surface area (Å²) in [5, 5.41) is 0.416. The zero-order chi connectivity index (χ0) is 12.1. The van der Waals surface area contributed by atoms with Crippen LogP contribution < -0.4 is 0 Å². The van der Waals surface area contributed by atoms with Gasteiger partial charge in [0.05, 0.1) is 0 Å². The highest BCUT2D eigenvalue weighted by Gasteiger charge is 2.17. The van der Waals surface area contributed by atoms with E-state index in [1.165, 1.54) is 38.5 Å². The van der Waals surface area contributed by atoms with E-state index in [1.54, 1.807) is 0 Å². The van der Waals surface area contributed by atoms with Gasteiger partial charge in [0.15, 0.2) is 0 Å². The molecule has 2 rings (SSSR count). The third-order valence-electron chi connectivity index (χ3n) is 3.32. The number of hydrogen-bond acceptors (Lipinski definition) is 3. The van der Waals surface area contributed by atoms with E-state index in [2.05, 4.69) is 15.0 Å². The van der Waals surface area contributed by atoms with Crippen LogP contribution in [0.15, 0.2) is 0 Å². The molecule has 0 atom stereocenters. The zero-order valence-electron chi connectivity index (χ0n) is 9.83. The van der Waals surface area contributed by atoms with E-state index in [9.17, 15) is 0 Å². The molecule has 1 saturated carbocycles. The molecule has 1 heterocycles. The lowest BCUT2D eigenvalue weighted by Gasteiger charge is -2.14. The molecule has 0 N–H and O–H groups in total. The summed E-state index contributed by atoms with van der Waals surface area (Å²) in [7, 11) is 0. The van der Waals surface area contributed by atoms with Gasteiger partial charge in [0.1, 0.15) is 5.82 Å². The molecule has 1 fully saturated rings. The second-order valence-electron chi connectivity index (χ2n) is 4.63. The first kappa shape index (κ1) is 13.0. The lowest BCUT2D eigenvalue weighted by molar-refractivity contribution is 0.513. The van der Waals surface area contributed by atoms with Gasteiger partial charge < -0.3 is 0 Å². The molecule has 1 aliphatic carbocycles. The van der Waals surface area contributed by atoms with Crippen molar-refractivity contribution in [2.24, 2.45) is 0 Å². The second kappa shape index (κ2) is 6.50. The van der Waals surface area contributed by atoms with Gasteiger partial charge in [-0.15, -0.1) is 0 Å². The van der Waals surface area contributed by atoms with Crippen LogP contribution in [0, 0.1) is 0 Å². The Bertz CT molecular complexity index is 341. The second-order valence-corrected chi connectivity index (χ2v) is 5.30. The highest BCUT2D eigenvalue weighted by atomic mass is 35.5. The minimum atomic E-state index is 0.208. The number of rotatable bonds is 1. The molecule has 1 aromatic heterocycles. The molecule has 1 aliphatic rings. The van der Waals surface area contributed by atoms with Crippen molar-refractivity contribution in [3.05, 3.63) is 16.4 Å². The summed E-state index contributed by atoms with van der Waals surface area (Å²) in [6.07, 6.45) is 10.1. The van der Waals surface area contributed by atoms with Crippen molar-refractivity contribution in [1.82, 2.24) is 15.0 Å². The average molecular weight is 274 g/mol.